The number of hydrogen-bond acceptors (Lipinski definition) is 3. The van der Waals surface area contributed by atoms with E-state index in [9.17, 15) is 0 Å². The first-order valence-electron chi connectivity index (χ1n) is 4.79. The number of ether oxygens (including phenoxy) is 1. The first kappa shape index (κ1) is 13.9. The highest BCUT2D eigenvalue weighted by atomic mass is 79.9. The highest BCUT2D eigenvalue weighted by molar-refractivity contribution is 9.10. The summed E-state index contributed by atoms with van der Waals surface area (Å²) in [4.78, 5) is 8.03. The van der Waals surface area contributed by atoms with Crippen molar-refractivity contribution >= 4 is 50.7 Å². The van der Waals surface area contributed by atoms with Gasteiger partial charge in [-0.05, 0) is 28.9 Å². The van der Waals surface area contributed by atoms with E-state index in [1.54, 1.807) is 19.1 Å². The first-order chi connectivity index (χ1) is 8.45. The van der Waals surface area contributed by atoms with Gasteiger partial charge in [0, 0.05) is 16.6 Å². The summed E-state index contributed by atoms with van der Waals surface area (Å²) in [6.07, 6.45) is 0. The van der Waals surface area contributed by atoms with Crippen LogP contribution in [-0.2, 0) is 0 Å². The van der Waals surface area contributed by atoms with Crippen molar-refractivity contribution in [3.63, 3.8) is 0 Å². The molecule has 0 spiro atoms. The van der Waals surface area contributed by atoms with Crippen LogP contribution in [0.2, 0.25) is 15.2 Å². The van der Waals surface area contributed by atoms with E-state index in [2.05, 4.69) is 25.9 Å². The molecule has 2 rings (SSSR count). The average Bonchev–Trinajstić information content (AvgIpc) is 2.24. The molecule has 0 saturated heterocycles. The molecule has 0 aliphatic rings. The number of rotatable bonds is 2. The van der Waals surface area contributed by atoms with Crippen LogP contribution in [-0.4, -0.2) is 9.97 Å². The third kappa shape index (κ3) is 3.26. The SMILES string of the molecule is Cc1nc(Cl)cc(Oc2cc(Cl)c(Br)cc2Cl)n1. The summed E-state index contributed by atoms with van der Waals surface area (Å²) < 4.78 is 6.23. The second-order valence-corrected chi connectivity index (χ2v) is 5.43. The van der Waals surface area contributed by atoms with E-state index in [0.29, 0.717) is 37.1 Å². The Morgan fingerprint density at radius 2 is 1.78 bits per heavy atom. The van der Waals surface area contributed by atoms with E-state index >= 15 is 0 Å². The molecule has 1 aromatic carbocycles. The van der Waals surface area contributed by atoms with Crippen LogP contribution >= 0.6 is 50.7 Å². The summed E-state index contributed by atoms with van der Waals surface area (Å²) in [5, 5.41) is 1.21. The lowest BCUT2D eigenvalue weighted by molar-refractivity contribution is 0.460. The number of benzene rings is 1. The van der Waals surface area contributed by atoms with Gasteiger partial charge in [0.25, 0.3) is 0 Å². The number of aromatic nitrogens is 2. The summed E-state index contributed by atoms with van der Waals surface area (Å²) in [5.74, 6) is 1.23. The van der Waals surface area contributed by atoms with E-state index < -0.39 is 0 Å². The smallest absolute Gasteiger partial charge is 0.224 e. The van der Waals surface area contributed by atoms with Gasteiger partial charge in [0.15, 0.2) is 0 Å². The van der Waals surface area contributed by atoms with Crippen LogP contribution in [0.15, 0.2) is 22.7 Å². The van der Waals surface area contributed by atoms with Gasteiger partial charge in [0.2, 0.25) is 5.88 Å². The molecule has 18 heavy (non-hydrogen) atoms. The van der Waals surface area contributed by atoms with Gasteiger partial charge >= 0.3 is 0 Å². The van der Waals surface area contributed by atoms with Gasteiger partial charge in [-0.25, -0.2) is 4.98 Å². The van der Waals surface area contributed by atoms with Crippen molar-refractivity contribution in [1.82, 2.24) is 9.97 Å². The number of hydrogen-bond donors (Lipinski definition) is 0. The molecule has 0 radical (unpaired) electrons. The lowest BCUT2D eigenvalue weighted by atomic mass is 10.3. The maximum Gasteiger partial charge on any atom is 0.224 e. The third-order valence-corrected chi connectivity index (χ3v) is 3.66. The predicted octanol–water partition coefficient (Wildman–Crippen LogP) is 5.30. The van der Waals surface area contributed by atoms with Crippen LogP contribution < -0.4 is 4.74 Å². The normalized spacial score (nSPS) is 10.5. The summed E-state index contributed by atoms with van der Waals surface area (Å²) in [7, 11) is 0. The quantitative estimate of drug-likeness (QED) is 0.533. The number of nitrogens with zero attached hydrogens (tertiary/aromatic N) is 2. The minimum absolute atomic E-state index is 0.303. The number of aryl methyl sites for hydroxylation is 1. The Balaban J connectivity index is 2.36. The van der Waals surface area contributed by atoms with Crippen LogP contribution in [0, 0.1) is 6.92 Å². The molecule has 7 heteroatoms. The zero-order valence-electron chi connectivity index (χ0n) is 9.05. The molecule has 2 aromatic rings. The monoisotopic (exact) mass is 366 g/mol. The average molecular weight is 368 g/mol. The molecule has 0 N–H and O–H groups in total. The van der Waals surface area contributed by atoms with Gasteiger partial charge in [-0.3, -0.25) is 0 Å². The minimum Gasteiger partial charge on any atom is -0.437 e. The van der Waals surface area contributed by atoms with Crippen LogP contribution in [0.4, 0.5) is 0 Å². The summed E-state index contributed by atoms with van der Waals surface area (Å²) >= 11 is 21.1. The van der Waals surface area contributed by atoms with Crippen LogP contribution in [0.3, 0.4) is 0 Å². The second-order valence-electron chi connectivity index (χ2n) is 3.37. The lowest BCUT2D eigenvalue weighted by Gasteiger charge is -2.08. The third-order valence-electron chi connectivity index (χ3n) is 1.97. The Morgan fingerprint density at radius 1 is 1.06 bits per heavy atom. The molecule has 0 atom stereocenters. The summed E-state index contributed by atoms with van der Waals surface area (Å²) in [5.41, 5.74) is 0. The van der Waals surface area contributed by atoms with Crippen molar-refractivity contribution < 1.29 is 4.74 Å². The Morgan fingerprint density at radius 3 is 2.44 bits per heavy atom. The van der Waals surface area contributed by atoms with E-state index in [1.165, 1.54) is 6.07 Å². The molecule has 0 saturated carbocycles. The van der Waals surface area contributed by atoms with Crippen molar-refractivity contribution in [2.75, 3.05) is 0 Å². The predicted molar refractivity (Wildman–Crippen MR) is 76.0 cm³/mol. The molecule has 0 aliphatic carbocycles. The first-order valence-corrected chi connectivity index (χ1v) is 6.72. The minimum atomic E-state index is 0.303. The molecular weight excluding hydrogens is 362 g/mol. The molecule has 0 amide bonds. The Kier molecular flexibility index (Phi) is 4.33. The summed E-state index contributed by atoms with van der Waals surface area (Å²) in [6, 6.07) is 4.75. The fourth-order valence-electron chi connectivity index (χ4n) is 1.25. The van der Waals surface area contributed by atoms with Crippen molar-refractivity contribution in [3.8, 4) is 11.6 Å². The summed E-state index contributed by atoms with van der Waals surface area (Å²) in [6.45, 7) is 1.72. The standard InChI is InChI=1S/C11H6BrCl3N2O/c1-5-16-10(15)4-11(17-5)18-9-3-7(13)6(12)2-8(9)14/h2-4H,1H3. The van der Waals surface area contributed by atoms with Gasteiger partial charge in [-0.1, -0.05) is 34.8 Å². The topological polar surface area (TPSA) is 35.0 Å². The van der Waals surface area contributed by atoms with Crippen LogP contribution in [0.25, 0.3) is 0 Å². The molecule has 0 unspecified atom stereocenters. The molecule has 94 valence electrons. The fraction of sp³-hybridized carbons (Fsp3) is 0.0909. The van der Waals surface area contributed by atoms with Crippen molar-refractivity contribution in [1.29, 1.82) is 0 Å². The highest BCUT2D eigenvalue weighted by Gasteiger charge is 2.09. The molecule has 0 fully saturated rings. The van der Waals surface area contributed by atoms with Crippen LogP contribution in [0.5, 0.6) is 11.6 Å². The number of halogens is 4. The molecule has 1 aromatic heterocycles. The van der Waals surface area contributed by atoms with E-state index in [4.69, 9.17) is 39.5 Å². The van der Waals surface area contributed by atoms with E-state index in [1.807, 2.05) is 0 Å². The Labute approximate surface area is 127 Å². The zero-order valence-corrected chi connectivity index (χ0v) is 12.9. The molecular formula is C11H6BrCl3N2O. The van der Waals surface area contributed by atoms with E-state index in [-0.39, 0.29) is 0 Å². The van der Waals surface area contributed by atoms with Crippen molar-refractivity contribution in [2.45, 2.75) is 6.92 Å². The molecule has 1 heterocycles. The largest absolute Gasteiger partial charge is 0.437 e. The lowest BCUT2D eigenvalue weighted by Crippen LogP contribution is -1.94. The van der Waals surface area contributed by atoms with Crippen LogP contribution in [0.1, 0.15) is 5.82 Å². The van der Waals surface area contributed by atoms with Gasteiger partial charge in [-0.2, -0.15) is 4.98 Å². The molecule has 0 bridgehead atoms. The van der Waals surface area contributed by atoms with Crippen molar-refractivity contribution in [3.05, 3.63) is 43.7 Å². The molecule has 0 aliphatic heterocycles. The fourth-order valence-corrected chi connectivity index (χ4v) is 2.30. The zero-order chi connectivity index (χ0) is 13.3. The second kappa shape index (κ2) is 5.61. The Hall–Kier alpha value is -0.550. The maximum absolute atomic E-state index is 6.04. The highest BCUT2D eigenvalue weighted by Crippen LogP contribution is 2.36. The maximum atomic E-state index is 6.04. The van der Waals surface area contributed by atoms with Gasteiger partial charge in [0.1, 0.15) is 16.7 Å². The van der Waals surface area contributed by atoms with Gasteiger partial charge in [0.05, 0.1) is 10.0 Å². The Bertz CT molecular complexity index is 587. The van der Waals surface area contributed by atoms with Crippen molar-refractivity contribution in [2.24, 2.45) is 0 Å². The molecule has 3 nitrogen and oxygen atoms in total. The van der Waals surface area contributed by atoms with Gasteiger partial charge < -0.3 is 4.74 Å². The van der Waals surface area contributed by atoms with Gasteiger partial charge in [-0.15, -0.1) is 0 Å². The van der Waals surface area contributed by atoms with E-state index in [0.717, 1.165) is 0 Å².